The molecule has 0 spiro atoms. The third kappa shape index (κ3) is 3.75. The van der Waals surface area contributed by atoms with Gasteiger partial charge in [0.05, 0.1) is 15.7 Å². The number of sulfonamides is 1. The van der Waals surface area contributed by atoms with Crippen LogP contribution in [0, 0.1) is 12.3 Å². The molecule has 1 aliphatic heterocycles. The molecule has 1 aliphatic rings. The van der Waals surface area contributed by atoms with Crippen molar-refractivity contribution < 1.29 is 13.2 Å². The highest BCUT2D eigenvalue weighted by Crippen LogP contribution is 2.36. The van der Waals surface area contributed by atoms with E-state index in [9.17, 15) is 13.2 Å². The first-order chi connectivity index (χ1) is 14.2. The number of anilines is 2. The third-order valence-corrected chi connectivity index (χ3v) is 6.69. The fourth-order valence-corrected chi connectivity index (χ4v) is 4.37. The molecule has 0 atom stereocenters. The van der Waals surface area contributed by atoms with Crippen molar-refractivity contribution in [1.29, 1.82) is 0 Å². The SMILES string of the molecule is Cc1c[nH]c2ncnc(N3CCC(C)(C(=O)Nc4cccc(S(N)(=O)=O)c4)CC3)c12. The summed E-state index contributed by atoms with van der Waals surface area (Å²) in [7, 11) is -3.83. The Kier molecular flexibility index (Phi) is 4.99. The molecule has 0 unspecified atom stereocenters. The average Bonchev–Trinajstić information content (AvgIpc) is 3.09. The molecule has 3 aromatic rings. The maximum atomic E-state index is 13.0. The molecule has 1 amide bonds. The lowest BCUT2D eigenvalue weighted by Gasteiger charge is -2.39. The second kappa shape index (κ2) is 7.37. The molecule has 0 saturated carbocycles. The summed E-state index contributed by atoms with van der Waals surface area (Å²) in [6.45, 7) is 5.30. The predicted molar refractivity (Wildman–Crippen MR) is 115 cm³/mol. The number of piperidine rings is 1. The quantitative estimate of drug-likeness (QED) is 0.583. The predicted octanol–water partition coefficient (Wildman–Crippen LogP) is 2.16. The van der Waals surface area contributed by atoms with E-state index in [-0.39, 0.29) is 10.8 Å². The molecule has 1 saturated heterocycles. The first kappa shape index (κ1) is 20.3. The number of fused-ring (bicyclic) bond motifs is 1. The number of amides is 1. The lowest BCUT2D eigenvalue weighted by Crippen LogP contribution is -2.45. The molecule has 3 heterocycles. The zero-order chi connectivity index (χ0) is 21.5. The number of nitrogens with one attached hydrogen (secondary N) is 2. The van der Waals surface area contributed by atoms with Crippen molar-refractivity contribution >= 4 is 38.5 Å². The summed E-state index contributed by atoms with van der Waals surface area (Å²) < 4.78 is 23.1. The van der Waals surface area contributed by atoms with E-state index in [1.54, 1.807) is 18.5 Å². The summed E-state index contributed by atoms with van der Waals surface area (Å²) in [6, 6.07) is 5.98. The van der Waals surface area contributed by atoms with E-state index < -0.39 is 15.4 Å². The zero-order valence-electron chi connectivity index (χ0n) is 16.8. The third-order valence-electron chi connectivity index (χ3n) is 5.78. The minimum atomic E-state index is -3.83. The highest BCUT2D eigenvalue weighted by atomic mass is 32.2. The Morgan fingerprint density at radius 1 is 1.27 bits per heavy atom. The van der Waals surface area contributed by atoms with Gasteiger partial charge in [0.25, 0.3) is 0 Å². The minimum absolute atomic E-state index is 0.0325. The van der Waals surface area contributed by atoms with Crippen LogP contribution in [-0.4, -0.2) is 42.4 Å². The van der Waals surface area contributed by atoms with E-state index in [1.165, 1.54) is 12.1 Å². The van der Waals surface area contributed by atoms with Crippen LogP contribution < -0.4 is 15.4 Å². The van der Waals surface area contributed by atoms with Crippen LogP contribution in [0.1, 0.15) is 25.3 Å². The zero-order valence-corrected chi connectivity index (χ0v) is 17.7. The van der Waals surface area contributed by atoms with E-state index in [0.29, 0.717) is 31.6 Å². The number of H-pyrrole nitrogens is 1. The maximum absolute atomic E-state index is 13.0. The van der Waals surface area contributed by atoms with Gasteiger partial charge in [0, 0.05) is 25.0 Å². The molecule has 30 heavy (non-hydrogen) atoms. The standard InChI is InChI=1S/C20H24N6O3S/c1-13-11-22-17-16(13)18(24-12-23-17)26-8-6-20(2,7-9-26)19(27)25-14-4-3-5-15(10-14)30(21,28)29/h3-5,10-12H,6-9H2,1-2H3,(H,25,27)(H2,21,28,29)(H,22,23,24). The van der Waals surface area contributed by atoms with E-state index in [1.807, 2.05) is 20.0 Å². The van der Waals surface area contributed by atoms with Crippen LogP contribution in [-0.2, 0) is 14.8 Å². The van der Waals surface area contributed by atoms with E-state index in [4.69, 9.17) is 5.14 Å². The number of aryl methyl sites for hydroxylation is 1. The van der Waals surface area contributed by atoms with Gasteiger partial charge in [-0.3, -0.25) is 4.79 Å². The molecule has 10 heteroatoms. The highest BCUT2D eigenvalue weighted by Gasteiger charge is 2.37. The van der Waals surface area contributed by atoms with Gasteiger partial charge in [-0.1, -0.05) is 13.0 Å². The molecule has 2 aromatic heterocycles. The van der Waals surface area contributed by atoms with Crippen LogP contribution in [0.4, 0.5) is 11.5 Å². The Hall–Kier alpha value is -2.98. The largest absolute Gasteiger partial charge is 0.356 e. The number of carbonyl (C=O) groups is 1. The Morgan fingerprint density at radius 3 is 2.70 bits per heavy atom. The Labute approximate surface area is 174 Å². The van der Waals surface area contributed by atoms with Crippen molar-refractivity contribution in [1.82, 2.24) is 15.0 Å². The Bertz CT molecular complexity index is 1210. The van der Waals surface area contributed by atoms with Crippen molar-refractivity contribution in [2.24, 2.45) is 10.6 Å². The fraction of sp³-hybridized carbons (Fsp3) is 0.350. The van der Waals surface area contributed by atoms with Gasteiger partial charge in [-0.15, -0.1) is 0 Å². The van der Waals surface area contributed by atoms with Crippen LogP contribution in [0.2, 0.25) is 0 Å². The number of hydrogen-bond acceptors (Lipinski definition) is 6. The monoisotopic (exact) mass is 428 g/mol. The second-order valence-corrected chi connectivity index (χ2v) is 9.53. The van der Waals surface area contributed by atoms with Gasteiger partial charge in [0.15, 0.2) is 0 Å². The lowest BCUT2D eigenvalue weighted by atomic mass is 9.79. The van der Waals surface area contributed by atoms with Crippen molar-refractivity contribution in [3.05, 3.63) is 42.4 Å². The Balaban J connectivity index is 1.48. The minimum Gasteiger partial charge on any atom is -0.356 e. The van der Waals surface area contributed by atoms with Crippen molar-refractivity contribution in [2.75, 3.05) is 23.3 Å². The van der Waals surface area contributed by atoms with Crippen LogP contribution in [0.15, 0.2) is 41.7 Å². The number of nitrogens with two attached hydrogens (primary N) is 1. The molecule has 158 valence electrons. The molecule has 4 rings (SSSR count). The van der Waals surface area contributed by atoms with Gasteiger partial charge in [-0.2, -0.15) is 0 Å². The molecular weight excluding hydrogens is 404 g/mol. The van der Waals surface area contributed by atoms with E-state index >= 15 is 0 Å². The summed E-state index contributed by atoms with van der Waals surface area (Å²) in [5.74, 6) is 0.737. The van der Waals surface area contributed by atoms with Crippen LogP contribution >= 0.6 is 0 Å². The fourth-order valence-electron chi connectivity index (χ4n) is 3.81. The highest BCUT2D eigenvalue weighted by molar-refractivity contribution is 7.89. The topological polar surface area (TPSA) is 134 Å². The molecule has 9 nitrogen and oxygen atoms in total. The van der Waals surface area contributed by atoms with E-state index in [0.717, 1.165) is 22.4 Å². The van der Waals surface area contributed by atoms with Gasteiger partial charge in [-0.25, -0.2) is 23.5 Å². The van der Waals surface area contributed by atoms with Crippen molar-refractivity contribution in [2.45, 2.75) is 31.6 Å². The van der Waals surface area contributed by atoms with Gasteiger partial charge in [0.2, 0.25) is 15.9 Å². The second-order valence-electron chi connectivity index (χ2n) is 7.97. The Morgan fingerprint density at radius 2 is 2.00 bits per heavy atom. The summed E-state index contributed by atoms with van der Waals surface area (Å²) >= 11 is 0. The summed E-state index contributed by atoms with van der Waals surface area (Å²) in [5, 5.41) is 9.03. The van der Waals surface area contributed by atoms with Crippen molar-refractivity contribution in [3.63, 3.8) is 0 Å². The smallest absolute Gasteiger partial charge is 0.238 e. The van der Waals surface area contributed by atoms with Gasteiger partial charge >= 0.3 is 0 Å². The number of carbonyl (C=O) groups excluding carboxylic acids is 1. The number of nitrogens with zero attached hydrogens (tertiary/aromatic N) is 3. The lowest BCUT2D eigenvalue weighted by molar-refractivity contribution is -0.125. The first-order valence-electron chi connectivity index (χ1n) is 9.65. The number of rotatable bonds is 4. The number of benzene rings is 1. The van der Waals surface area contributed by atoms with Crippen LogP contribution in [0.5, 0.6) is 0 Å². The number of aromatic nitrogens is 3. The number of hydrogen-bond donors (Lipinski definition) is 3. The molecule has 0 aliphatic carbocycles. The molecule has 0 radical (unpaired) electrons. The maximum Gasteiger partial charge on any atom is 0.238 e. The van der Waals surface area contributed by atoms with Crippen molar-refractivity contribution in [3.8, 4) is 0 Å². The van der Waals surface area contributed by atoms with Gasteiger partial charge in [-0.05, 0) is 43.5 Å². The van der Waals surface area contributed by atoms with Gasteiger partial charge < -0.3 is 15.2 Å². The number of primary sulfonamides is 1. The van der Waals surface area contributed by atoms with E-state index in [2.05, 4.69) is 25.2 Å². The summed E-state index contributed by atoms with van der Waals surface area (Å²) in [6.07, 6.45) is 4.75. The normalized spacial score (nSPS) is 16.6. The van der Waals surface area contributed by atoms with Gasteiger partial charge in [0.1, 0.15) is 17.8 Å². The molecular formula is C20H24N6O3S. The molecule has 0 bridgehead atoms. The first-order valence-corrected chi connectivity index (χ1v) is 11.2. The summed E-state index contributed by atoms with van der Waals surface area (Å²) in [5.41, 5.74) is 1.73. The van der Waals surface area contributed by atoms with Crippen LogP contribution in [0.3, 0.4) is 0 Å². The molecule has 1 aromatic carbocycles. The summed E-state index contributed by atoms with van der Waals surface area (Å²) in [4.78, 5) is 27.0. The molecule has 4 N–H and O–H groups in total. The van der Waals surface area contributed by atoms with Crippen LogP contribution in [0.25, 0.3) is 11.0 Å². The average molecular weight is 429 g/mol. The number of aromatic amines is 1. The molecule has 1 fully saturated rings.